The van der Waals surface area contributed by atoms with E-state index in [-0.39, 0.29) is 13.2 Å². The van der Waals surface area contributed by atoms with Crippen LogP contribution >= 0.6 is 15.9 Å². The van der Waals surface area contributed by atoms with Gasteiger partial charge in [-0.05, 0) is 23.8 Å². The maximum absolute atomic E-state index is 11.8. The van der Waals surface area contributed by atoms with E-state index < -0.39 is 6.67 Å². The van der Waals surface area contributed by atoms with E-state index in [0.29, 0.717) is 5.75 Å². The van der Waals surface area contributed by atoms with Crippen LogP contribution in [0.15, 0.2) is 22.7 Å². The Labute approximate surface area is 84.5 Å². The SMILES string of the molecule is OCc1cc(Br)cc(OCCF)c1. The van der Waals surface area contributed by atoms with Crippen molar-refractivity contribution in [2.75, 3.05) is 13.3 Å². The van der Waals surface area contributed by atoms with Crippen molar-refractivity contribution in [2.24, 2.45) is 0 Å². The van der Waals surface area contributed by atoms with Crippen molar-refractivity contribution in [3.63, 3.8) is 0 Å². The number of aliphatic hydroxyl groups is 1. The second-order valence-corrected chi connectivity index (χ2v) is 3.41. The van der Waals surface area contributed by atoms with Crippen LogP contribution in [-0.4, -0.2) is 18.4 Å². The average molecular weight is 249 g/mol. The molecule has 1 aromatic rings. The minimum atomic E-state index is -0.513. The predicted molar refractivity (Wildman–Crippen MR) is 51.5 cm³/mol. The smallest absolute Gasteiger partial charge is 0.123 e. The fourth-order valence-corrected chi connectivity index (χ4v) is 1.47. The Morgan fingerprint density at radius 3 is 2.77 bits per heavy atom. The second-order valence-electron chi connectivity index (χ2n) is 2.49. The monoisotopic (exact) mass is 248 g/mol. The Morgan fingerprint density at radius 2 is 2.15 bits per heavy atom. The van der Waals surface area contributed by atoms with Gasteiger partial charge in [0.25, 0.3) is 0 Å². The average Bonchev–Trinajstić information content (AvgIpc) is 2.14. The van der Waals surface area contributed by atoms with Gasteiger partial charge in [0.15, 0.2) is 0 Å². The number of rotatable bonds is 4. The van der Waals surface area contributed by atoms with Crippen molar-refractivity contribution in [1.29, 1.82) is 0 Å². The number of hydrogen-bond donors (Lipinski definition) is 1. The van der Waals surface area contributed by atoms with E-state index in [4.69, 9.17) is 9.84 Å². The largest absolute Gasteiger partial charge is 0.491 e. The molecule has 0 atom stereocenters. The van der Waals surface area contributed by atoms with Crippen molar-refractivity contribution >= 4 is 15.9 Å². The first-order chi connectivity index (χ1) is 6.26. The molecule has 72 valence electrons. The molecule has 0 aliphatic rings. The van der Waals surface area contributed by atoms with E-state index in [1.807, 2.05) is 0 Å². The van der Waals surface area contributed by atoms with Gasteiger partial charge >= 0.3 is 0 Å². The van der Waals surface area contributed by atoms with Crippen LogP contribution in [-0.2, 0) is 6.61 Å². The third-order valence-electron chi connectivity index (χ3n) is 1.46. The van der Waals surface area contributed by atoms with E-state index in [1.165, 1.54) is 0 Å². The van der Waals surface area contributed by atoms with Crippen molar-refractivity contribution in [3.8, 4) is 5.75 Å². The third-order valence-corrected chi connectivity index (χ3v) is 1.92. The molecule has 4 heteroatoms. The lowest BCUT2D eigenvalue weighted by atomic mass is 10.2. The van der Waals surface area contributed by atoms with Crippen molar-refractivity contribution in [1.82, 2.24) is 0 Å². The van der Waals surface area contributed by atoms with Gasteiger partial charge in [-0.25, -0.2) is 4.39 Å². The van der Waals surface area contributed by atoms with Crippen LogP contribution in [0.2, 0.25) is 0 Å². The Kier molecular flexibility index (Phi) is 4.18. The highest BCUT2D eigenvalue weighted by Crippen LogP contribution is 2.21. The van der Waals surface area contributed by atoms with E-state index in [2.05, 4.69) is 15.9 Å². The molecule has 0 spiro atoms. The molecule has 1 N–H and O–H groups in total. The predicted octanol–water partition coefficient (Wildman–Crippen LogP) is 2.29. The molecule has 0 saturated heterocycles. The zero-order valence-electron chi connectivity index (χ0n) is 6.96. The van der Waals surface area contributed by atoms with E-state index in [9.17, 15) is 4.39 Å². The van der Waals surface area contributed by atoms with Crippen LogP contribution in [0.3, 0.4) is 0 Å². The summed E-state index contributed by atoms with van der Waals surface area (Å²) in [5.74, 6) is 0.566. The molecule has 0 aliphatic carbocycles. The number of hydrogen-bond acceptors (Lipinski definition) is 2. The highest BCUT2D eigenvalue weighted by Gasteiger charge is 1.99. The Bertz CT molecular complexity index is 278. The molecule has 0 aliphatic heterocycles. The first kappa shape index (κ1) is 10.5. The molecule has 1 rings (SSSR count). The van der Waals surface area contributed by atoms with Gasteiger partial charge in [0, 0.05) is 4.47 Å². The summed E-state index contributed by atoms with van der Waals surface area (Å²) >= 11 is 3.26. The topological polar surface area (TPSA) is 29.5 Å². The summed E-state index contributed by atoms with van der Waals surface area (Å²) in [4.78, 5) is 0. The molecule has 0 saturated carbocycles. The van der Waals surface area contributed by atoms with Gasteiger partial charge in [0.05, 0.1) is 6.61 Å². The molecule has 2 nitrogen and oxygen atoms in total. The summed E-state index contributed by atoms with van der Waals surface area (Å²) in [6.07, 6.45) is 0. The molecule has 1 aromatic carbocycles. The first-order valence-electron chi connectivity index (χ1n) is 3.85. The summed E-state index contributed by atoms with van der Waals surface area (Å²) in [6, 6.07) is 5.19. The summed E-state index contributed by atoms with van der Waals surface area (Å²) < 4.78 is 17.7. The molecule has 0 radical (unpaired) electrons. The van der Waals surface area contributed by atoms with E-state index >= 15 is 0 Å². The van der Waals surface area contributed by atoms with Crippen molar-refractivity contribution < 1.29 is 14.2 Å². The molecule has 0 unspecified atom stereocenters. The zero-order chi connectivity index (χ0) is 9.68. The molecule has 0 fully saturated rings. The highest BCUT2D eigenvalue weighted by atomic mass is 79.9. The molecule has 13 heavy (non-hydrogen) atoms. The number of aliphatic hydroxyl groups excluding tert-OH is 1. The fraction of sp³-hybridized carbons (Fsp3) is 0.333. The van der Waals surface area contributed by atoms with Gasteiger partial charge in [-0.15, -0.1) is 0 Å². The normalized spacial score (nSPS) is 10.1. The summed E-state index contributed by atoms with van der Waals surface area (Å²) in [5.41, 5.74) is 0.739. The summed E-state index contributed by atoms with van der Waals surface area (Å²) in [5, 5.41) is 8.86. The molecule has 0 bridgehead atoms. The van der Waals surface area contributed by atoms with Crippen LogP contribution in [0.1, 0.15) is 5.56 Å². The van der Waals surface area contributed by atoms with Gasteiger partial charge in [-0.1, -0.05) is 15.9 Å². The maximum atomic E-state index is 11.8. The number of benzene rings is 1. The minimum absolute atomic E-state index is 0.0430. The lowest BCUT2D eigenvalue weighted by Crippen LogP contribution is -1.99. The van der Waals surface area contributed by atoms with Gasteiger partial charge in [0.2, 0.25) is 0 Å². The number of ether oxygens (including phenoxy) is 1. The number of halogens is 2. The van der Waals surface area contributed by atoms with Crippen LogP contribution < -0.4 is 4.74 Å². The Hall–Kier alpha value is -0.610. The van der Waals surface area contributed by atoms with Crippen LogP contribution in [0, 0.1) is 0 Å². The van der Waals surface area contributed by atoms with Gasteiger partial charge in [-0.2, -0.15) is 0 Å². The zero-order valence-corrected chi connectivity index (χ0v) is 8.55. The standard InChI is InChI=1S/C9H10BrFO2/c10-8-3-7(6-12)4-9(5-8)13-2-1-11/h3-5,12H,1-2,6H2. The lowest BCUT2D eigenvalue weighted by Gasteiger charge is -2.05. The maximum Gasteiger partial charge on any atom is 0.123 e. The van der Waals surface area contributed by atoms with E-state index in [0.717, 1.165) is 10.0 Å². The molecule has 0 heterocycles. The summed E-state index contributed by atoms with van der Waals surface area (Å²) in [7, 11) is 0. The summed E-state index contributed by atoms with van der Waals surface area (Å²) in [6.45, 7) is -0.520. The molecule has 0 aromatic heterocycles. The van der Waals surface area contributed by atoms with Crippen molar-refractivity contribution in [2.45, 2.75) is 6.61 Å². The van der Waals surface area contributed by atoms with Gasteiger partial charge in [0.1, 0.15) is 19.0 Å². The molecular formula is C9H10BrFO2. The highest BCUT2D eigenvalue weighted by molar-refractivity contribution is 9.10. The third kappa shape index (κ3) is 3.32. The van der Waals surface area contributed by atoms with Crippen molar-refractivity contribution in [3.05, 3.63) is 28.2 Å². The van der Waals surface area contributed by atoms with Crippen LogP contribution in [0.5, 0.6) is 5.75 Å². The van der Waals surface area contributed by atoms with Gasteiger partial charge in [-0.3, -0.25) is 0 Å². The second kappa shape index (κ2) is 5.19. The Morgan fingerprint density at radius 1 is 1.38 bits per heavy atom. The molecule has 0 amide bonds. The van der Waals surface area contributed by atoms with Crippen LogP contribution in [0.25, 0.3) is 0 Å². The quantitative estimate of drug-likeness (QED) is 0.887. The van der Waals surface area contributed by atoms with E-state index in [1.54, 1.807) is 18.2 Å². The lowest BCUT2D eigenvalue weighted by molar-refractivity contribution is 0.267. The Balaban J connectivity index is 2.76. The minimum Gasteiger partial charge on any atom is -0.491 e. The van der Waals surface area contributed by atoms with Gasteiger partial charge < -0.3 is 9.84 Å². The van der Waals surface area contributed by atoms with Crippen LogP contribution in [0.4, 0.5) is 4.39 Å². The fourth-order valence-electron chi connectivity index (χ4n) is 0.952. The molecular weight excluding hydrogens is 239 g/mol. The first-order valence-corrected chi connectivity index (χ1v) is 4.64. The number of alkyl halides is 1.